The number of unbranched alkanes of at least 4 members (excludes halogenated alkanes) is 28. The number of esters is 2. The number of ether oxygens (including phenoxy) is 4. The fourth-order valence-corrected chi connectivity index (χ4v) is 8.46. The summed E-state index contributed by atoms with van der Waals surface area (Å²) in [5.41, 5.74) is 0. The number of hydrogen-bond donors (Lipinski definition) is 4. The minimum absolute atomic E-state index is 0.165. The predicted octanol–water partition coefficient (Wildman–Crippen LogP) is 10.8. The topological polar surface area (TPSA) is 186 Å². The van der Waals surface area contributed by atoms with E-state index in [1.54, 1.807) is 0 Å². The van der Waals surface area contributed by atoms with E-state index in [0.29, 0.717) is 12.8 Å². The smallest absolute Gasteiger partial charge is 0.306 e. The van der Waals surface area contributed by atoms with Crippen LogP contribution in [0, 0.1) is 0 Å². The van der Waals surface area contributed by atoms with Gasteiger partial charge in [-0.3, -0.25) is 14.1 Å². The van der Waals surface area contributed by atoms with Crippen molar-refractivity contribution in [1.29, 1.82) is 0 Å². The molecule has 62 heavy (non-hydrogen) atoms. The summed E-state index contributed by atoms with van der Waals surface area (Å²) in [6.45, 7) is 5.31. The highest BCUT2D eigenvalue weighted by molar-refractivity contribution is 7.85. The van der Waals surface area contributed by atoms with Crippen LogP contribution in [0.1, 0.15) is 219 Å². The molecule has 6 atom stereocenters. The molecule has 0 spiro atoms. The number of rotatable bonds is 43. The predicted molar refractivity (Wildman–Crippen MR) is 247 cm³/mol. The van der Waals surface area contributed by atoms with E-state index < -0.39 is 71.2 Å². The van der Waals surface area contributed by atoms with Crippen LogP contribution in [0.3, 0.4) is 0 Å². The summed E-state index contributed by atoms with van der Waals surface area (Å²) < 4.78 is 54.2. The lowest BCUT2D eigenvalue weighted by atomic mass is 10.00. The number of hydrogen-bond acceptors (Lipinski definition) is 11. The maximum absolute atomic E-state index is 12.8. The number of allylic oxidation sites excluding steroid dienone is 3. The van der Waals surface area contributed by atoms with Crippen LogP contribution in [-0.2, 0) is 38.7 Å². The number of carbonyl (C=O) groups excluding carboxylic acids is 2. The second-order valence-electron chi connectivity index (χ2n) is 17.6. The summed E-state index contributed by atoms with van der Waals surface area (Å²) in [4.78, 5) is 25.5. The first-order valence-electron chi connectivity index (χ1n) is 24.9. The molecule has 0 saturated carbocycles. The zero-order valence-electron chi connectivity index (χ0n) is 38.8. The van der Waals surface area contributed by atoms with Crippen LogP contribution >= 0.6 is 0 Å². The molecule has 0 aromatic carbocycles. The molecule has 1 aliphatic heterocycles. The molecule has 0 radical (unpaired) electrons. The molecule has 1 aliphatic rings. The van der Waals surface area contributed by atoms with Gasteiger partial charge in [-0.15, -0.1) is 6.58 Å². The number of aliphatic hydroxyl groups is 3. The Morgan fingerprint density at radius 2 is 1.00 bits per heavy atom. The quantitative estimate of drug-likeness (QED) is 0.0197. The van der Waals surface area contributed by atoms with Crippen LogP contribution in [0.15, 0.2) is 24.8 Å². The third-order valence-corrected chi connectivity index (χ3v) is 12.4. The van der Waals surface area contributed by atoms with Gasteiger partial charge in [0.15, 0.2) is 12.4 Å². The fourth-order valence-electron chi connectivity index (χ4n) is 7.77. The van der Waals surface area contributed by atoms with E-state index in [0.717, 1.165) is 44.9 Å². The van der Waals surface area contributed by atoms with Crippen LogP contribution in [0.5, 0.6) is 0 Å². The van der Waals surface area contributed by atoms with Crippen molar-refractivity contribution in [3.05, 3.63) is 24.8 Å². The molecule has 364 valence electrons. The Balaban J connectivity index is 2.37. The average Bonchev–Trinajstić information content (AvgIpc) is 3.24. The molecule has 0 bridgehead atoms. The van der Waals surface area contributed by atoms with Gasteiger partial charge < -0.3 is 34.3 Å². The zero-order chi connectivity index (χ0) is 45.5. The standard InChI is InChI=1S/C49H90O12S/c1-3-5-7-9-11-13-15-17-19-20-21-22-24-25-27-29-31-33-35-37-44(50)58-39-42(40-59-49-48(54)47(53)46(52)43(61-49)41-62(55,56)57)60-45(51)38-36-34-32-30-28-26-23-18-16-14-12-10-8-6-4-2/h4,17,19,42-43,46-49,52-54H,2-3,5-16,18,20-41H2,1H3,(H,55,56,57)/b19-17+/t42-,43-,46-,47?,48?,49+/m1/s1. The fraction of sp³-hybridized carbons (Fsp3) is 0.878. The number of carbonyl (C=O) groups is 2. The summed E-state index contributed by atoms with van der Waals surface area (Å²) >= 11 is 0. The van der Waals surface area contributed by atoms with Crippen molar-refractivity contribution < 1.29 is 56.8 Å². The molecule has 4 N–H and O–H groups in total. The van der Waals surface area contributed by atoms with Crippen molar-refractivity contribution >= 4 is 22.1 Å². The van der Waals surface area contributed by atoms with Crippen molar-refractivity contribution in [2.24, 2.45) is 0 Å². The molecule has 1 fully saturated rings. The van der Waals surface area contributed by atoms with Gasteiger partial charge in [0.05, 0.1) is 6.61 Å². The first-order chi connectivity index (χ1) is 30.0. The molecule has 0 aliphatic carbocycles. The lowest BCUT2D eigenvalue weighted by molar-refractivity contribution is -0.297. The van der Waals surface area contributed by atoms with Gasteiger partial charge >= 0.3 is 11.9 Å². The maximum Gasteiger partial charge on any atom is 0.306 e. The van der Waals surface area contributed by atoms with Gasteiger partial charge in [0.2, 0.25) is 0 Å². The molecule has 13 heteroatoms. The van der Waals surface area contributed by atoms with Gasteiger partial charge in [-0.25, -0.2) is 0 Å². The second-order valence-corrected chi connectivity index (χ2v) is 19.1. The maximum atomic E-state index is 12.8. The monoisotopic (exact) mass is 903 g/mol. The molecule has 1 rings (SSSR count). The van der Waals surface area contributed by atoms with Crippen molar-refractivity contribution in [2.45, 2.75) is 256 Å². The van der Waals surface area contributed by atoms with E-state index in [4.69, 9.17) is 18.9 Å². The Morgan fingerprint density at radius 3 is 1.45 bits per heavy atom. The average molecular weight is 903 g/mol. The van der Waals surface area contributed by atoms with Crippen molar-refractivity contribution in [3.63, 3.8) is 0 Å². The first-order valence-corrected chi connectivity index (χ1v) is 26.5. The largest absolute Gasteiger partial charge is 0.462 e. The molecular weight excluding hydrogens is 813 g/mol. The van der Waals surface area contributed by atoms with Gasteiger partial charge in [0.1, 0.15) is 36.8 Å². The van der Waals surface area contributed by atoms with E-state index in [1.807, 2.05) is 6.08 Å². The van der Waals surface area contributed by atoms with Gasteiger partial charge in [-0.05, 0) is 51.4 Å². The third kappa shape index (κ3) is 33.6. The Kier molecular flexibility index (Phi) is 37.0. The molecule has 1 saturated heterocycles. The Hall–Kier alpha value is -1.87. The van der Waals surface area contributed by atoms with Crippen LogP contribution < -0.4 is 0 Å². The molecule has 12 nitrogen and oxygen atoms in total. The molecular formula is C49H90O12S. The van der Waals surface area contributed by atoms with E-state index in [-0.39, 0.29) is 19.4 Å². The first kappa shape index (κ1) is 58.1. The lowest BCUT2D eigenvalue weighted by Gasteiger charge is -2.40. The van der Waals surface area contributed by atoms with Gasteiger partial charge in [0.25, 0.3) is 10.1 Å². The minimum atomic E-state index is -4.60. The van der Waals surface area contributed by atoms with Crippen molar-refractivity contribution in [1.82, 2.24) is 0 Å². The van der Waals surface area contributed by atoms with Gasteiger partial charge in [-0.2, -0.15) is 8.42 Å². The van der Waals surface area contributed by atoms with E-state index in [1.165, 1.54) is 141 Å². The Labute approximate surface area is 377 Å². The molecule has 0 amide bonds. The van der Waals surface area contributed by atoms with Gasteiger partial charge in [-0.1, -0.05) is 173 Å². The van der Waals surface area contributed by atoms with Crippen molar-refractivity contribution in [2.75, 3.05) is 19.0 Å². The molecule has 2 unspecified atom stereocenters. The van der Waals surface area contributed by atoms with E-state index >= 15 is 0 Å². The summed E-state index contributed by atoms with van der Waals surface area (Å²) in [5.74, 6) is -1.98. The van der Waals surface area contributed by atoms with E-state index in [9.17, 15) is 37.9 Å². The third-order valence-electron chi connectivity index (χ3n) is 11.6. The van der Waals surface area contributed by atoms with Crippen LogP contribution in [0.2, 0.25) is 0 Å². The summed E-state index contributed by atoms with van der Waals surface area (Å²) in [6, 6.07) is 0. The number of aliphatic hydroxyl groups excluding tert-OH is 3. The van der Waals surface area contributed by atoms with Crippen molar-refractivity contribution in [3.8, 4) is 0 Å². The Bertz CT molecular complexity index is 1230. The highest BCUT2D eigenvalue weighted by Gasteiger charge is 2.46. The summed E-state index contributed by atoms with van der Waals surface area (Å²) in [5, 5.41) is 30.9. The van der Waals surface area contributed by atoms with Crippen LogP contribution in [-0.4, -0.2) is 96.0 Å². The van der Waals surface area contributed by atoms with Crippen LogP contribution in [0.25, 0.3) is 0 Å². The van der Waals surface area contributed by atoms with E-state index in [2.05, 4.69) is 25.7 Å². The highest BCUT2D eigenvalue weighted by Crippen LogP contribution is 2.24. The summed E-state index contributed by atoms with van der Waals surface area (Å²) in [7, 11) is -4.60. The highest BCUT2D eigenvalue weighted by atomic mass is 32.2. The Morgan fingerprint density at radius 1 is 0.581 bits per heavy atom. The summed E-state index contributed by atoms with van der Waals surface area (Å²) in [6.07, 6.45) is 33.9. The molecule has 0 aromatic heterocycles. The van der Waals surface area contributed by atoms with Gasteiger partial charge in [0, 0.05) is 12.8 Å². The minimum Gasteiger partial charge on any atom is -0.462 e. The molecule has 1 heterocycles. The normalized spacial score (nSPS) is 19.8. The lowest BCUT2D eigenvalue weighted by Crippen LogP contribution is -2.60. The second kappa shape index (κ2) is 39.5. The van der Waals surface area contributed by atoms with Crippen LogP contribution in [0.4, 0.5) is 0 Å². The SMILES string of the molecule is C=CCCCCCCCCCCCCCCCC(=O)O[C@H](COC(=O)CCCCCCCCCCC/C=C/CCCCCCCC)CO[C@H]1O[C@H](CS(=O)(=O)O)[C@@H](O)C(O)C1O. The molecule has 0 aromatic rings. The zero-order valence-corrected chi connectivity index (χ0v) is 39.6.